The third kappa shape index (κ3) is 3.11. The first kappa shape index (κ1) is 13.5. The van der Waals surface area contributed by atoms with Crippen molar-refractivity contribution in [2.45, 2.75) is 6.54 Å². The molecule has 0 bridgehead atoms. The topological polar surface area (TPSA) is 66.2 Å². The van der Waals surface area contributed by atoms with Gasteiger partial charge in [-0.05, 0) is 33.6 Å². The number of ether oxygens (including phenoxy) is 2. The molecule has 0 aliphatic heterocycles. The standard InChI is InChI=1S/C12H12BrN3O3/c1-18-9-5-3-8(4-6-9)7-16-10(11(17)19-2)14-12(13)15-16/h3-6H,7H2,1-2H3. The maximum Gasteiger partial charge on any atom is 0.375 e. The van der Waals surface area contributed by atoms with Crippen LogP contribution in [0.15, 0.2) is 29.0 Å². The summed E-state index contributed by atoms with van der Waals surface area (Å²) in [5.41, 5.74) is 0.975. The lowest BCUT2D eigenvalue weighted by Gasteiger charge is -2.05. The number of rotatable bonds is 4. The third-order valence-electron chi connectivity index (χ3n) is 2.51. The van der Waals surface area contributed by atoms with E-state index in [-0.39, 0.29) is 5.82 Å². The number of nitrogens with zero attached hydrogens (tertiary/aromatic N) is 3. The summed E-state index contributed by atoms with van der Waals surface area (Å²) in [4.78, 5) is 15.5. The van der Waals surface area contributed by atoms with Crippen LogP contribution >= 0.6 is 15.9 Å². The van der Waals surface area contributed by atoms with Gasteiger partial charge in [-0.3, -0.25) is 0 Å². The molecule has 0 amide bonds. The van der Waals surface area contributed by atoms with Crippen molar-refractivity contribution in [1.29, 1.82) is 0 Å². The van der Waals surface area contributed by atoms with Crippen molar-refractivity contribution in [3.05, 3.63) is 40.4 Å². The van der Waals surface area contributed by atoms with Gasteiger partial charge in [0.05, 0.1) is 20.8 Å². The molecule has 1 aromatic carbocycles. The van der Waals surface area contributed by atoms with Crippen molar-refractivity contribution in [2.75, 3.05) is 14.2 Å². The van der Waals surface area contributed by atoms with Crippen molar-refractivity contribution in [3.63, 3.8) is 0 Å². The summed E-state index contributed by atoms with van der Waals surface area (Å²) >= 11 is 3.15. The monoisotopic (exact) mass is 325 g/mol. The van der Waals surface area contributed by atoms with Crippen LogP contribution in [0.3, 0.4) is 0 Å². The second kappa shape index (κ2) is 5.83. The maximum absolute atomic E-state index is 11.6. The van der Waals surface area contributed by atoms with E-state index in [4.69, 9.17) is 4.74 Å². The summed E-state index contributed by atoms with van der Waals surface area (Å²) < 4.78 is 11.6. The average Bonchev–Trinajstić information content (AvgIpc) is 2.79. The molecule has 0 fully saturated rings. The molecule has 0 spiro atoms. The zero-order valence-electron chi connectivity index (χ0n) is 10.5. The summed E-state index contributed by atoms with van der Waals surface area (Å²) in [7, 11) is 2.92. The minimum atomic E-state index is -0.522. The van der Waals surface area contributed by atoms with Gasteiger partial charge in [0, 0.05) is 0 Å². The molecule has 1 heterocycles. The number of carbonyl (C=O) groups is 1. The van der Waals surface area contributed by atoms with Gasteiger partial charge in [-0.1, -0.05) is 12.1 Å². The molecule has 0 radical (unpaired) electrons. The molecule has 2 rings (SSSR count). The van der Waals surface area contributed by atoms with Crippen LogP contribution in [0.25, 0.3) is 0 Å². The Morgan fingerprint density at radius 1 is 1.32 bits per heavy atom. The molecular weight excluding hydrogens is 314 g/mol. The van der Waals surface area contributed by atoms with Crippen LogP contribution in [0.5, 0.6) is 5.75 Å². The SMILES string of the molecule is COC(=O)c1nc(Br)nn1Cc1ccc(OC)cc1. The van der Waals surface area contributed by atoms with E-state index in [0.29, 0.717) is 11.3 Å². The van der Waals surface area contributed by atoms with E-state index < -0.39 is 5.97 Å². The quantitative estimate of drug-likeness (QED) is 0.803. The van der Waals surface area contributed by atoms with Gasteiger partial charge in [0.15, 0.2) is 0 Å². The summed E-state index contributed by atoms with van der Waals surface area (Å²) in [5, 5.41) is 4.11. The molecule has 0 aliphatic rings. The molecule has 100 valence electrons. The predicted molar refractivity (Wildman–Crippen MR) is 71.2 cm³/mol. The summed E-state index contributed by atoms with van der Waals surface area (Å²) in [5.74, 6) is 0.411. The molecule has 2 aromatic rings. The van der Waals surface area contributed by atoms with Crippen LogP contribution in [0, 0.1) is 0 Å². The highest BCUT2D eigenvalue weighted by Gasteiger charge is 2.17. The number of methoxy groups -OCH3 is 2. The third-order valence-corrected chi connectivity index (χ3v) is 2.84. The largest absolute Gasteiger partial charge is 0.497 e. The lowest BCUT2D eigenvalue weighted by atomic mass is 10.2. The Morgan fingerprint density at radius 2 is 2.00 bits per heavy atom. The highest BCUT2D eigenvalue weighted by Crippen LogP contribution is 2.14. The molecule has 7 heteroatoms. The summed E-state index contributed by atoms with van der Waals surface area (Å²) in [6.07, 6.45) is 0. The molecule has 0 N–H and O–H groups in total. The van der Waals surface area contributed by atoms with Gasteiger partial charge < -0.3 is 9.47 Å². The molecule has 0 atom stereocenters. The van der Waals surface area contributed by atoms with Gasteiger partial charge in [0.1, 0.15) is 5.75 Å². The fourth-order valence-corrected chi connectivity index (χ4v) is 1.93. The lowest BCUT2D eigenvalue weighted by Crippen LogP contribution is -2.13. The van der Waals surface area contributed by atoms with Gasteiger partial charge in [0.2, 0.25) is 10.6 Å². The number of carbonyl (C=O) groups excluding carboxylic acids is 1. The van der Waals surface area contributed by atoms with Gasteiger partial charge >= 0.3 is 5.97 Å². The zero-order chi connectivity index (χ0) is 13.8. The molecule has 0 unspecified atom stereocenters. The van der Waals surface area contributed by atoms with Gasteiger partial charge in [-0.2, -0.15) is 4.98 Å². The molecular formula is C12H12BrN3O3. The van der Waals surface area contributed by atoms with E-state index in [1.54, 1.807) is 7.11 Å². The normalized spacial score (nSPS) is 10.3. The van der Waals surface area contributed by atoms with Crippen LogP contribution in [-0.4, -0.2) is 35.0 Å². The van der Waals surface area contributed by atoms with Crippen molar-refractivity contribution in [1.82, 2.24) is 14.8 Å². The first-order valence-electron chi connectivity index (χ1n) is 5.45. The first-order valence-corrected chi connectivity index (χ1v) is 6.25. The summed E-state index contributed by atoms with van der Waals surface area (Å²) in [6.45, 7) is 0.424. The Labute approximate surface area is 118 Å². The van der Waals surface area contributed by atoms with Crippen LogP contribution in [0.1, 0.15) is 16.2 Å². The van der Waals surface area contributed by atoms with Crippen LogP contribution < -0.4 is 4.74 Å². The number of aromatic nitrogens is 3. The highest BCUT2D eigenvalue weighted by molar-refractivity contribution is 9.10. The van der Waals surface area contributed by atoms with E-state index in [1.807, 2.05) is 24.3 Å². The van der Waals surface area contributed by atoms with E-state index in [1.165, 1.54) is 11.8 Å². The van der Waals surface area contributed by atoms with Crippen LogP contribution in [-0.2, 0) is 11.3 Å². The Balaban J connectivity index is 2.24. The molecule has 0 aliphatic carbocycles. The number of hydrogen-bond acceptors (Lipinski definition) is 5. The average molecular weight is 326 g/mol. The molecule has 6 nitrogen and oxygen atoms in total. The number of esters is 1. The van der Waals surface area contributed by atoms with Gasteiger partial charge in [-0.25, -0.2) is 9.48 Å². The van der Waals surface area contributed by atoms with Crippen molar-refractivity contribution in [2.24, 2.45) is 0 Å². The van der Waals surface area contributed by atoms with Crippen molar-refractivity contribution >= 4 is 21.9 Å². The summed E-state index contributed by atoms with van der Waals surface area (Å²) in [6, 6.07) is 7.49. The van der Waals surface area contributed by atoms with Crippen LogP contribution in [0.2, 0.25) is 0 Å². The van der Waals surface area contributed by atoms with E-state index >= 15 is 0 Å². The second-order valence-electron chi connectivity index (χ2n) is 3.70. The highest BCUT2D eigenvalue weighted by atomic mass is 79.9. The predicted octanol–water partition coefficient (Wildman–Crippen LogP) is 1.88. The van der Waals surface area contributed by atoms with Crippen LogP contribution in [0.4, 0.5) is 0 Å². The van der Waals surface area contributed by atoms with Crippen molar-refractivity contribution < 1.29 is 14.3 Å². The molecule has 0 saturated carbocycles. The Kier molecular flexibility index (Phi) is 4.16. The Bertz CT molecular complexity index is 580. The van der Waals surface area contributed by atoms with Gasteiger partial charge in [0.25, 0.3) is 0 Å². The maximum atomic E-state index is 11.6. The van der Waals surface area contributed by atoms with Gasteiger partial charge in [-0.15, -0.1) is 5.10 Å². The second-order valence-corrected chi connectivity index (χ2v) is 4.41. The first-order chi connectivity index (χ1) is 9.13. The van der Waals surface area contributed by atoms with Crippen molar-refractivity contribution in [3.8, 4) is 5.75 Å². The molecule has 0 saturated heterocycles. The lowest BCUT2D eigenvalue weighted by molar-refractivity contribution is 0.0580. The Morgan fingerprint density at radius 3 is 2.58 bits per heavy atom. The molecule has 19 heavy (non-hydrogen) atoms. The number of hydrogen-bond donors (Lipinski definition) is 0. The Hall–Kier alpha value is -1.89. The number of benzene rings is 1. The number of halogens is 1. The van der Waals surface area contributed by atoms with E-state index in [9.17, 15) is 4.79 Å². The minimum Gasteiger partial charge on any atom is -0.497 e. The smallest absolute Gasteiger partial charge is 0.375 e. The fourth-order valence-electron chi connectivity index (χ4n) is 1.57. The van der Waals surface area contributed by atoms with E-state index in [0.717, 1.165) is 11.3 Å². The fraction of sp³-hybridized carbons (Fsp3) is 0.250. The minimum absolute atomic E-state index is 0.158. The molecule has 1 aromatic heterocycles. The van der Waals surface area contributed by atoms with E-state index in [2.05, 4.69) is 30.7 Å². The zero-order valence-corrected chi connectivity index (χ0v) is 12.0.